The molecule has 0 aliphatic heterocycles. The van der Waals surface area contributed by atoms with Gasteiger partial charge < -0.3 is 101 Å². The van der Waals surface area contributed by atoms with E-state index in [0.29, 0.717) is 29.8 Å². The van der Waals surface area contributed by atoms with Gasteiger partial charge in [-0.1, -0.05) is 79.9 Å². The van der Waals surface area contributed by atoms with Gasteiger partial charge in [0.1, 0.15) is 61.3 Å². The maximum absolute atomic E-state index is 15.0. The Morgan fingerprint density at radius 1 is 0.495 bits per heavy atom. The second-order valence-corrected chi connectivity index (χ2v) is 21.8. The fourth-order valence-corrected chi connectivity index (χ4v) is 9.28. The number of esters is 1. The lowest BCUT2D eigenvalue weighted by atomic mass is 10.00. The Hall–Kier alpha value is -11.0. The molecule has 3 aromatic rings. The number of aliphatic imine (C=N–C) groups is 3. The zero-order valence-corrected chi connectivity index (χ0v) is 55.8. The number of hydrogen-bond donors (Lipinski definition) is 16. The van der Waals surface area contributed by atoms with Gasteiger partial charge in [-0.3, -0.25) is 62.9 Å². The Morgan fingerprint density at radius 3 is 1.43 bits per heavy atom. The summed E-state index contributed by atoms with van der Waals surface area (Å²) in [6, 6.07) is 9.52. The SMILES string of the molecule is C=CCOC(=O)CC[C@H](NC(=O)CNC(=O)[C@H](Cc1ccc2ccccc2c1)NC(=O)[C@@H](CCCNC(N)=NC)NC(=O)[C@H](CCCNC(N)=NC)NC(=O)[C@H](Cc1ccc(OC)cc1)NC(=O)[C@H](CNC(=O)OCC=C)NC(C)=O)C(=O)N[C@@H](CCCNC(N)=NC)C(=O)NC. The van der Waals surface area contributed by atoms with Gasteiger partial charge in [0, 0.05) is 74.0 Å². The Labute approximate surface area is 563 Å². The minimum Gasteiger partial charge on any atom is -0.497 e. The summed E-state index contributed by atoms with van der Waals surface area (Å²) in [5, 5.41) is 36.3. The minimum absolute atomic E-state index is 0.0766. The van der Waals surface area contributed by atoms with Crippen LogP contribution in [-0.4, -0.2) is 207 Å². The average molecular weight is 1350 g/mol. The summed E-state index contributed by atoms with van der Waals surface area (Å²) in [4.78, 5) is 163. The molecule has 0 saturated carbocycles. The summed E-state index contributed by atoms with van der Waals surface area (Å²) >= 11 is 0. The summed E-state index contributed by atoms with van der Waals surface area (Å²) in [6.07, 6.45) is 1.31. The van der Waals surface area contributed by atoms with Crippen LogP contribution >= 0.6 is 0 Å². The second-order valence-electron chi connectivity index (χ2n) is 21.8. The van der Waals surface area contributed by atoms with Gasteiger partial charge in [0.05, 0.1) is 20.2 Å². The Kier molecular flexibility index (Phi) is 36.8. The van der Waals surface area contributed by atoms with Crippen LogP contribution in [0.5, 0.6) is 5.75 Å². The Bertz CT molecular complexity index is 3240. The molecule has 0 unspecified atom stereocenters. The number of hydrogen-bond acceptors (Lipinski definition) is 17. The van der Waals surface area contributed by atoms with Crippen molar-refractivity contribution in [2.75, 3.05) is 81.2 Å². The molecule has 3 aromatic carbocycles. The largest absolute Gasteiger partial charge is 0.497 e. The van der Waals surface area contributed by atoms with Gasteiger partial charge in [-0.25, -0.2) is 4.79 Å². The molecule has 0 fully saturated rings. The monoisotopic (exact) mass is 1350 g/mol. The van der Waals surface area contributed by atoms with E-state index in [2.05, 4.69) is 97.3 Å². The van der Waals surface area contributed by atoms with Crippen LogP contribution in [0.2, 0.25) is 0 Å². The van der Waals surface area contributed by atoms with E-state index in [1.807, 2.05) is 36.4 Å². The van der Waals surface area contributed by atoms with Gasteiger partial charge in [-0.15, -0.1) is 0 Å². The van der Waals surface area contributed by atoms with Crippen molar-refractivity contribution in [2.24, 2.45) is 32.2 Å². The molecule has 7 atom stereocenters. The molecule has 0 radical (unpaired) electrons. The first-order chi connectivity index (χ1) is 46.5. The zero-order chi connectivity index (χ0) is 71.7. The third kappa shape index (κ3) is 31.2. The van der Waals surface area contributed by atoms with E-state index in [-0.39, 0.29) is 102 Å². The van der Waals surface area contributed by atoms with Crippen molar-refractivity contribution in [3.05, 3.63) is 103 Å². The number of rotatable bonds is 42. The molecule has 0 aliphatic rings. The Balaban J connectivity index is 2.07. The number of methoxy groups -OCH3 is 1. The number of guanidine groups is 3. The highest BCUT2D eigenvalue weighted by Gasteiger charge is 2.34. The molecule has 33 heteroatoms. The lowest BCUT2D eigenvalue weighted by Crippen LogP contribution is -2.60. The number of nitrogens with zero attached hydrogens (tertiary/aromatic N) is 3. The number of likely N-dealkylation sites (N-methyl/N-ethyl adjacent to an activating group) is 1. The number of nitrogens with one attached hydrogen (secondary N) is 13. The summed E-state index contributed by atoms with van der Waals surface area (Å²) in [5.74, 6) is -7.29. The summed E-state index contributed by atoms with van der Waals surface area (Å²) < 4.78 is 15.4. The van der Waals surface area contributed by atoms with E-state index < -0.39 is 121 Å². The van der Waals surface area contributed by atoms with Crippen LogP contribution < -0.4 is 91.1 Å². The second kappa shape index (κ2) is 44.6. The molecule has 3 rings (SSSR count). The van der Waals surface area contributed by atoms with Crippen LogP contribution in [0.1, 0.15) is 69.4 Å². The fourth-order valence-electron chi connectivity index (χ4n) is 9.28. The first-order valence-electron chi connectivity index (χ1n) is 31.3. The quantitative estimate of drug-likeness (QED) is 0.00900. The van der Waals surface area contributed by atoms with Crippen LogP contribution in [0.3, 0.4) is 0 Å². The molecule has 0 saturated heterocycles. The normalized spacial score (nSPS) is 13.5. The van der Waals surface area contributed by atoms with Crippen molar-refractivity contribution in [3.8, 4) is 5.75 Å². The minimum atomic E-state index is -1.47. The number of benzene rings is 3. The molecular formula is C64H95N19O14. The van der Waals surface area contributed by atoms with Crippen molar-refractivity contribution in [1.82, 2.24) is 69.1 Å². The highest BCUT2D eigenvalue weighted by Crippen LogP contribution is 2.18. The van der Waals surface area contributed by atoms with Gasteiger partial charge in [0.2, 0.25) is 53.2 Å². The van der Waals surface area contributed by atoms with Gasteiger partial charge in [-0.2, -0.15) is 0 Å². The van der Waals surface area contributed by atoms with E-state index >= 15 is 0 Å². The highest BCUT2D eigenvalue weighted by atomic mass is 16.5. The van der Waals surface area contributed by atoms with Crippen molar-refractivity contribution in [3.63, 3.8) is 0 Å². The third-order valence-electron chi connectivity index (χ3n) is 14.5. The van der Waals surface area contributed by atoms with Crippen LogP contribution in [0.15, 0.2) is 107 Å². The van der Waals surface area contributed by atoms with E-state index in [1.165, 1.54) is 47.5 Å². The molecule has 530 valence electrons. The van der Waals surface area contributed by atoms with Gasteiger partial charge in [-0.05, 0) is 79.0 Å². The van der Waals surface area contributed by atoms with E-state index in [4.69, 9.17) is 31.4 Å². The van der Waals surface area contributed by atoms with Crippen LogP contribution in [-0.2, 0) is 70.3 Å². The maximum Gasteiger partial charge on any atom is 0.407 e. The molecule has 19 N–H and O–H groups in total. The van der Waals surface area contributed by atoms with Gasteiger partial charge in [0.15, 0.2) is 17.9 Å². The van der Waals surface area contributed by atoms with Crippen LogP contribution in [0.4, 0.5) is 4.79 Å². The summed E-state index contributed by atoms with van der Waals surface area (Å²) in [6.45, 7) is 7.24. The molecule has 97 heavy (non-hydrogen) atoms. The third-order valence-corrected chi connectivity index (χ3v) is 14.5. The Morgan fingerprint density at radius 2 is 0.938 bits per heavy atom. The average Bonchev–Trinajstić information content (AvgIpc) is 0.880. The lowest BCUT2D eigenvalue weighted by Gasteiger charge is -2.27. The molecule has 0 aromatic heterocycles. The number of alkyl carbamates (subject to hydrolysis) is 1. The van der Waals surface area contributed by atoms with E-state index in [0.717, 1.165) is 17.7 Å². The molecule has 0 bridgehead atoms. The van der Waals surface area contributed by atoms with Crippen molar-refractivity contribution in [2.45, 2.75) is 113 Å². The molecule has 0 spiro atoms. The number of ether oxygens (including phenoxy) is 3. The van der Waals surface area contributed by atoms with E-state index in [1.54, 1.807) is 30.3 Å². The maximum atomic E-state index is 15.0. The van der Waals surface area contributed by atoms with Gasteiger partial charge >= 0.3 is 12.1 Å². The van der Waals surface area contributed by atoms with Crippen molar-refractivity contribution < 1.29 is 67.0 Å². The molecular weight excluding hydrogens is 1260 g/mol. The number of carbonyl (C=O) groups is 11. The summed E-state index contributed by atoms with van der Waals surface area (Å²) in [5.41, 5.74) is 18.7. The first-order valence-corrected chi connectivity index (χ1v) is 31.3. The topological polar surface area (TPSA) is 487 Å². The number of carbonyl (C=O) groups excluding carboxylic acids is 11. The molecule has 10 amide bonds. The number of fused-ring (bicyclic) bond motifs is 1. The highest BCUT2D eigenvalue weighted by molar-refractivity contribution is 5.98. The molecule has 0 heterocycles. The van der Waals surface area contributed by atoms with Crippen molar-refractivity contribution >= 4 is 93.9 Å². The predicted molar refractivity (Wildman–Crippen MR) is 365 cm³/mol. The number of amides is 10. The predicted octanol–water partition coefficient (Wildman–Crippen LogP) is -2.73. The number of nitrogens with two attached hydrogens (primary N) is 3. The smallest absolute Gasteiger partial charge is 0.407 e. The fraction of sp³-hybridized carbons (Fsp3) is 0.469. The zero-order valence-electron chi connectivity index (χ0n) is 55.8. The van der Waals surface area contributed by atoms with Crippen LogP contribution in [0.25, 0.3) is 10.8 Å². The van der Waals surface area contributed by atoms with E-state index in [9.17, 15) is 52.7 Å². The molecule has 0 aliphatic carbocycles. The molecule has 33 nitrogen and oxygen atoms in total. The lowest BCUT2D eigenvalue weighted by molar-refractivity contribution is -0.143. The van der Waals surface area contributed by atoms with Crippen molar-refractivity contribution in [1.29, 1.82) is 0 Å². The van der Waals surface area contributed by atoms with Gasteiger partial charge in [0.25, 0.3) is 0 Å². The first kappa shape index (κ1) is 80.2. The standard InChI is InChI=1S/C64H95N19O14/c1-9-32-96-53(86)28-27-48(58(91)79-45(54(87)68-4)18-13-29-72-61(65)69-5)78-52(85)38-75-55(88)49(36-41-21-24-42-16-11-12-17-43(42)34-41)82-57(90)47(20-15-31-74-63(67)71-7)80-56(89)46(19-14-30-73-62(66)70-6)81-59(92)50(35-40-22-25-44(95-8)26-23-40)83-60(93)51(77-39(3)84)37-76-64(94)97-33-10-2/h9-12,16-17,21-26,34,45-51H,1-2,13-15,18-20,27-33,35-38H2,3-8H3,(H,68,87)(H,75,88)(H,76,94)(H,77,84)(H,78,85)(H,79,91)(H,80,89)(H,81,92)(H,82,90)(H,83,93)(H3,65,69,72)(H3,66,70,73)(H3,67,71,74)/t45-,46-,47+,48-,49-,50-,51-/m0/s1. The van der Waals surface area contributed by atoms with Crippen LogP contribution in [0, 0.1) is 0 Å². The summed E-state index contributed by atoms with van der Waals surface area (Å²) in [7, 11) is 7.25.